The lowest BCUT2D eigenvalue weighted by Crippen LogP contribution is -2.57. The molecule has 0 aromatic carbocycles. The zero-order chi connectivity index (χ0) is 18.3. The van der Waals surface area contributed by atoms with Gasteiger partial charge in [-0.2, -0.15) is 0 Å². The first-order valence-corrected chi connectivity index (χ1v) is 11.1. The molecule has 3 nitrogen and oxygen atoms in total. The van der Waals surface area contributed by atoms with Crippen molar-refractivity contribution in [3.63, 3.8) is 0 Å². The van der Waals surface area contributed by atoms with Crippen molar-refractivity contribution in [2.45, 2.75) is 58.0 Å². The number of hydrogen-bond donors (Lipinski definition) is 0. The molecule has 5 saturated carbocycles. The molecule has 0 saturated heterocycles. The highest BCUT2D eigenvalue weighted by atomic mass is 16.6. The number of carbonyl (C=O) groups is 2. The van der Waals surface area contributed by atoms with E-state index in [0.717, 1.165) is 42.9 Å². The summed E-state index contributed by atoms with van der Waals surface area (Å²) in [5.41, 5.74) is 1.55. The molecule has 7 aliphatic rings. The van der Waals surface area contributed by atoms with Crippen LogP contribution in [-0.4, -0.2) is 17.4 Å². The van der Waals surface area contributed by atoms with Crippen LogP contribution in [0.3, 0.4) is 0 Å². The fourth-order valence-corrected chi connectivity index (χ4v) is 9.34. The van der Waals surface area contributed by atoms with Crippen LogP contribution >= 0.6 is 0 Å². The minimum atomic E-state index is -0.311. The van der Waals surface area contributed by atoms with E-state index in [0.29, 0.717) is 23.5 Å². The molecular weight excluding hydrogens is 336 g/mol. The highest BCUT2D eigenvalue weighted by Crippen LogP contribution is 2.81. The Morgan fingerprint density at radius 2 is 1.93 bits per heavy atom. The largest absolute Gasteiger partial charge is 0.451 e. The van der Waals surface area contributed by atoms with Gasteiger partial charge in [-0.25, -0.2) is 4.79 Å². The predicted octanol–water partition coefficient (Wildman–Crippen LogP) is 4.08. The number of ether oxygens (including phenoxy) is 1. The van der Waals surface area contributed by atoms with Crippen LogP contribution in [0.4, 0.5) is 0 Å². The Kier molecular flexibility index (Phi) is 2.46. The van der Waals surface area contributed by atoms with Crippen molar-refractivity contribution in [1.29, 1.82) is 0 Å². The number of ketones is 1. The van der Waals surface area contributed by atoms with Crippen LogP contribution in [0.15, 0.2) is 23.8 Å². The first kappa shape index (κ1) is 15.5. The number of rotatable bonds is 0. The van der Waals surface area contributed by atoms with Crippen LogP contribution in [-0.2, 0) is 14.3 Å². The summed E-state index contributed by atoms with van der Waals surface area (Å²) in [6.45, 7) is 4.92. The lowest BCUT2D eigenvalue weighted by atomic mass is 9.45. The lowest BCUT2D eigenvalue weighted by molar-refractivity contribution is -0.170. The first-order chi connectivity index (χ1) is 12.9. The number of carbonyl (C=O) groups excluding carboxylic acids is 2. The molecule has 0 radical (unpaired) electrons. The minimum absolute atomic E-state index is 0.111. The summed E-state index contributed by atoms with van der Waals surface area (Å²) in [7, 11) is 0. The first-order valence-electron chi connectivity index (χ1n) is 11.1. The molecule has 0 N–H and O–H groups in total. The molecular formula is C24H28O3. The number of allylic oxidation sites excluding steroid dienone is 1. The zero-order valence-corrected chi connectivity index (χ0v) is 16.2. The fourth-order valence-electron chi connectivity index (χ4n) is 9.34. The molecule has 0 aromatic rings. The summed E-state index contributed by atoms with van der Waals surface area (Å²) in [6, 6.07) is 0. The van der Waals surface area contributed by atoms with Gasteiger partial charge in [0.2, 0.25) is 0 Å². The summed E-state index contributed by atoms with van der Waals surface area (Å²) in [5.74, 6) is 5.17. The van der Waals surface area contributed by atoms with Gasteiger partial charge in [0.1, 0.15) is 5.60 Å². The van der Waals surface area contributed by atoms with Crippen molar-refractivity contribution in [3.05, 3.63) is 23.8 Å². The Morgan fingerprint density at radius 3 is 2.70 bits per heavy atom. The standard InChI is InChI=1S/C24H28O3/c1-22-6-3-12(25)9-17(22)13-10-14(13)20-16(22)4-7-23(2)21(20)15-11-18(15)24(23)8-5-19(26)27-24/h5,8-9,13-16,18,20-21H,3-4,6-7,10-11H2,1-2H3/t13-,14?,15-,16?,18+,20?,21?,22?,23+,24+/m1/s1. The molecule has 10 atom stereocenters. The lowest BCUT2D eigenvalue weighted by Gasteiger charge is -2.59. The maximum absolute atomic E-state index is 12.1. The molecule has 1 heterocycles. The summed E-state index contributed by atoms with van der Waals surface area (Å²) in [6.07, 6.45) is 12.6. The Labute approximate surface area is 160 Å². The van der Waals surface area contributed by atoms with Crippen molar-refractivity contribution >= 4 is 11.8 Å². The van der Waals surface area contributed by atoms with E-state index >= 15 is 0 Å². The molecule has 5 unspecified atom stereocenters. The average Bonchev–Trinajstić information content (AvgIpc) is 3.53. The molecule has 5 fully saturated rings. The van der Waals surface area contributed by atoms with Gasteiger partial charge in [0.25, 0.3) is 0 Å². The van der Waals surface area contributed by atoms with Gasteiger partial charge in [0.15, 0.2) is 5.78 Å². The maximum Gasteiger partial charge on any atom is 0.331 e. The molecule has 1 aliphatic heterocycles. The molecule has 3 heteroatoms. The van der Waals surface area contributed by atoms with Gasteiger partial charge in [-0.05, 0) is 85.2 Å². The third-order valence-electron chi connectivity index (χ3n) is 10.5. The van der Waals surface area contributed by atoms with Crippen LogP contribution < -0.4 is 0 Å². The van der Waals surface area contributed by atoms with Crippen molar-refractivity contribution in [2.75, 3.05) is 0 Å². The van der Waals surface area contributed by atoms with Gasteiger partial charge < -0.3 is 4.74 Å². The van der Waals surface area contributed by atoms with Crippen LogP contribution in [0, 0.1) is 52.3 Å². The number of fused-ring (bicyclic) bond motifs is 12. The van der Waals surface area contributed by atoms with Gasteiger partial charge in [-0.15, -0.1) is 0 Å². The molecule has 6 aliphatic carbocycles. The molecule has 1 spiro atoms. The molecule has 0 amide bonds. The van der Waals surface area contributed by atoms with Crippen LogP contribution in [0.1, 0.15) is 52.4 Å². The number of hydrogen-bond acceptors (Lipinski definition) is 3. The SMILES string of the molecule is CC12CCC(=O)C=C1[C@@H]1CC1C1C2CC[C@@]2(C)C1[C@@H]1C[C@@H]1[C@@]21C=CC(=O)O1. The van der Waals surface area contributed by atoms with Crippen molar-refractivity contribution in [1.82, 2.24) is 0 Å². The second-order valence-corrected chi connectivity index (χ2v) is 11.2. The van der Waals surface area contributed by atoms with Crippen LogP contribution in [0.5, 0.6) is 0 Å². The second-order valence-electron chi connectivity index (χ2n) is 11.2. The summed E-state index contributed by atoms with van der Waals surface area (Å²) in [4.78, 5) is 24.2. The van der Waals surface area contributed by atoms with E-state index in [1.165, 1.54) is 24.8 Å². The van der Waals surface area contributed by atoms with E-state index in [4.69, 9.17) is 4.74 Å². The highest BCUT2D eigenvalue weighted by Gasteiger charge is 2.80. The number of esters is 1. The zero-order valence-electron chi connectivity index (χ0n) is 16.2. The normalized spacial score (nSPS) is 61.4. The Bertz CT molecular complexity index is 869. The predicted molar refractivity (Wildman–Crippen MR) is 99.4 cm³/mol. The third-order valence-corrected chi connectivity index (χ3v) is 10.5. The van der Waals surface area contributed by atoms with Crippen LogP contribution in [0.2, 0.25) is 0 Å². The average molecular weight is 364 g/mol. The minimum Gasteiger partial charge on any atom is -0.451 e. The van der Waals surface area contributed by atoms with Crippen molar-refractivity contribution in [2.24, 2.45) is 52.3 Å². The quantitative estimate of drug-likeness (QED) is 0.608. The summed E-state index contributed by atoms with van der Waals surface area (Å²) in [5, 5.41) is 0. The smallest absolute Gasteiger partial charge is 0.331 e. The van der Waals surface area contributed by atoms with E-state index in [1.54, 1.807) is 6.08 Å². The Balaban J connectivity index is 1.34. The third kappa shape index (κ3) is 1.53. The Hall–Kier alpha value is -1.38. The van der Waals surface area contributed by atoms with Crippen molar-refractivity contribution in [3.8, 4) is 0 Å². The molecule has 27 heavy (non-hydrogen) atoms. The van der Waals surface area contributed by atoms with Crippen LogP contribution in [0.25, 0.3) is 0 Å². The van der Waals surface area contributed by atoms with Gasteiger partial charge >= 0.3 is 5.97 Å². The maximum atomic E-state index is 12.1. The second kappa shape index (κ2) is 4.28. The van der Waals surface area contributed by atoms with E-state index in [2.05, 4.69) is 26.0 Å². The van der Waals surface area contributed by atoms with E-state index in [9.17, 15) is 9.59 Å². The fraction of sp³-hybridized carbons (Fsp3) is 0.750. The molecule has 0 bridgehead atoms. The monoisotopic (exact) mass is 364 g/mol. The highest BCUT2D eigenvalue weighted by molar-refractivity contribution is 5.92. The summed E-state index contributed by atoms with van der Waals surface area (Å²) >= 11 is 0. The molecule has 142 valence electrons. The van der Waals surface area contributed by atoms with Gasteiger partial charge in [-0.3, -0.25) is 4.79 Å². The van der Waals surface area contributed by atoms with Gasteiger partial charge in [0, 0.05) is 23.8 Å². The molecule has 0 aromatic heterocycles. The van der Waals surface area contributed by atoms with Gasteiger partial charge in [-0.1, -0.05) is 19.4 Å². The Morgan fingerprint density at radius 1 is 1.07 bits per heavy atom. The summed E-state index contributed by atoms with van der Waals surface area (Å²) < 4.78 is 6.10. The van der Waals surface area contributed by atoms with E-state index in [-0.39, 0.29) is 22.4 Å². The molecule has 7 rings (SSSR count). The van der Waals surface area contributed by atoms with Gasteiger partial charge in [0.05, 0.1) is 0 Å². The van der Waals surface area contributed by atoms with E-state index < -0.39 is 0 Å². The van der Waals surface area contributed by atoms with Crippen molar-refractivity contribution < 1.29 is 14.3 Å². The van der Waals surface area contributed by atoms with E-state index in [1.807, 2.05) is 0 Å². The topological polar surface area (TPSA) is 43.4 Å².